The van der Waals surface area contributed by atoms with Gasteiger partial charge in [-0.3, -0.25) is 9.69 Å². The minimum absolute atomic E-state index is 0.140. The molecule has 4 heteroatoms. The number of carbonyl (C=O) groups is 1. The van der Waals surface area contributed by atoms with Gasteiger partial charge in [0.05, 0.1) is 11.1 Å². The molecule has 0 unspecified atom stereocenters. The molecule has 2 heterocycles. The Balaban J connectivity index is 1.78. The lowest BCUT2D eigenvalue weighted by atomic mass is 10.1. The molecule has 0 aliphatic carbocycles. The number of nitrogens with zero attached hydrogens (tertiary/aromatic N) is 2. The minimum Gasteiger partial charge on any atom is -0.361 e. The highest BCUT2D eigenvalue weighted by molar-refractivity contribution is 6.05. The largest absolute Gasteiger partial charge is 0.361 e. The molecule has 1 amide bonds. The van der Waals surface area contributed by atoms with Crippen molar-refractivity contribution in [2.45, 2.75) is 19.9 Å². The number of fused-ring (bicyclic) bond motifs is 1. The quantitative estimate of drug-likeness (QED) is 0.910. The summed E-state index contributed by atoms with van der Waals surface area (Å²) in [6, 6.07) is 8.45. The third-order valence-corrected chi connectivity index (χ3v) is 4.15. The first-order valence-corrected chi connectivity index (χ1v) is 7.26. The van der Waals surface area contributed by atoms with Gasteiger partial charge in [-0.1, -0.05) is 12.1 Å². The Morgan fingerprint density at radius 1 is 1.15 bits per heavy atom. The first-order valence-electron chi connectivity index (χ1n) is 7.26. The summed E-state index contributed by atoms with van der Waals surface area (Å²) in [7, 11) is 0. The number of piperazine rings is 1. The predicted octanol–water partition coefficient (Wildman–Crippen LogP) is 2.33. The van der Waals surface area contributed by atoms with E-state index in [4.69, 9.17) is 0 Å². The van der Waals surface area contributed by atoms with Crippen molar-refractivity contribution in [2.24, 2.45) is 0 Å². The summed E-state index contributed by atoms with van der Waals surface area (Å²) in [5.41, 5.74) is 1.73. The summed E-state index contributed by atoms with van der Waals surface area (Å²) < 4.78 is 0. The zero-order valence-corrected chi connectivity index (χ0v) is 12.1. The first kappa shape index (κ1) is 13.2. The Kier molecular flexibility index (Phi) is 3.49. The van der Waals surface area contributed by atoms with Crippen molar-refractivity contribution in [3.8, 4) is 0 Å². The van der Waals surface area contributed by atoms with E-state index >= 15 is 0 Å². The zero-order chi connectivity index (χ0) is 14.1. The minimum atomic E-state index is 0.140. The number of rotatable bonds is 2. The summed E-state index contributed by atoms with van der Waals surface area (Å²) in [6.45, 7) is 7.96. The maximum absolute atomic E-state index is 12.7. The monoisotopic (exact) mass is 271 g/mol. The van der Waals surface area contributed by atoms with Crippen LogP contribution in [0.1, 0.15) is 24.2 Å². The first-order chi connectivity index (χ1) is 9.66. The van der Waals surface area contributed by atoms with Gasteiger partial charge in [-0.25, -0.2) is 0 Å². The fraction of sp³-hybridized carbons (Fsp3) is 0.438. The summed E-state index contributed by atoms with van der Waals surface area (Å²) in [5, 5.41) is 1.09. The van der Waals surface area contributed by atoms with Gasteiger partial charge in [0, 0.05) is 43.8 Å². The number of carbonyl (C=O) groups excluding carboxylic acids is 1. The molecule has 1 aromatic heterocycles. The third kappa shape index (κ3) is 2.31. The van der Waals surface area contributed by atoms with Crippen LogP contribution in [0.15, 0.2) is 30.5 Å². The van der Waals surface area contributed by atoms with Gasteiger partial charge in [-0.2, -0.15) is 0 Å². The van der Waals surface area contributed by atoms with Crippen LogP contribution in [0, 0.1) is 0 Å². The number of hydrogen-bond acceptors (Lipinski definition) is 2. The molecule has 1 N–H and O–H groups in total. The molecular formula is C16H21N3O. The Bertz CT molecular complexity index is 609. The summed E-state index contributed by atoms with van der Waals surface area (Å²) in [4.78, 5) is 20.2. The van der Waals surface area contributed by atoms with Gasteiger partial charge in [-0.15, -0.1) is 0 Å². The highest BCUT2D eigenvalue weighted by Crippen LogP contribution is 2.19. The highest BCUT2D eigenvalue weighted by Gasteiger charge is 2.24. The van der Waals surface area contributed by atoms with E-state index < -0.39 is 0 Å². The Morgan fingerprint density at radius 2 is 1.90 bits per heavy atom. The van der Waals surface area contributed by atoms with E-state index in [1.54, 1.807) is 0 Å². The molecule has 0 radical (unpaired) electrons. The maximum atomic E-state index is 12.7. The van der Waals surface area contributed by atoms with Crippen LogP contribution >= 0.6 is 0 Å². The van der Waals surface area contributed by atoms with E-state index in [0.29, 0.717) is 6.04 Å². The number of nitrogens with one attached hydrogen (secondary N) is 1. The molecule has 2 aromatic rings. The predicted molar refractivity (Wildman–Crippen MR) is 80.9 cm³/mol. The van der Waals surface area contributed by atoms with Crippen LogP contribution in [0.4, 0.5) is 0 Å². The number of benzene rings is 1. The van der Waals surface area contributed by atoms with Crippen LogP contribution in [-0.2, 0) is 0 Å². The Hall–Kier alpha value is -1.81. The fourth-order valence-corrected chi connectivity index (χ4v) is 2.87. The lowest BCUT2D eigenvalue weighted by Gasteiger charge is -2.37. The van der Waals surface area contributed by atoms with Crippen LogP contribution < -0.4 is 0 Å². The van der Waals surface area contributed by atoms with Crippen molar-refractivity contribution < 1.29 is 4.79 Å². The van der Waals surface area contributed by atoms with E-state index in [1.807, 2.05) is 35.4 Å². The maximum Gasteiger partial charge on any atom is 0.256 e. The SMILES string of the molecule is CC(C)N1CCN(C(=O)c2cccc3cc[nH]c23)CC1. The van der Waals surface area contributed by atoms with Gasteiger partial charge in [0.2, 0.25) is 0 Å². The molecule has 0 spiro atoms. The zero-order valence-electron chi connectivity index (χ0n) is 12.1. The molecule has 0 atom stereocenters. The molecule has 1 fully saturated rings. The van der Waals surface area contributed by atoms with E-state index in [2.05, 4.69) is 23.7 Å². The van der Waals surface area contributed by atoms with Gasteiger partial charge >= 0.3 is 0 Å². The molecule has 1 aromatic carbocycles. The molecule has 0 bridgehead atoms. The van der Waals surface area contributed by atoms with Gasteiger partial charge in [-0.05, 0) is 26.0 Å². The van der Waals surface area contributed by atoms with Crippen molar-refractivity contribution in [2.75, 3.05) is 26.2 Å². The fourth-order valence-electron chi connectivity index (χ4n) is 2.87. The van der Waals surface area contributed by atoms with Gasteiger partial charge < -0.3 is 9.88 Å². The molecule has 106 valence electrons. The van der Waals surface area contributed by atoms with Crippen molar-refractivity contribution in [1.29, 1.82) is 0 Å². The number of para-hydroxylation sites is 1. The number of aromatic nitrogens is 1. The lowest BCUT2D eigenvalue weighted by molar-refractivity contribution is 0.0597. The van der Waals surface area contributed by atoms with Crippen LogP contribution in [0.2, 0.25) is 0 Å². The van der Waals surface area contributed by atoms with E-state index in [9.17, 15) is 4.79 Å². The summed E-state index contributed by atoms with van der Waals surface area (Å²) in [6.07, 6.45) is 1.89. The Morgan fingerprint density at radius 3 is 2.60 bits per heavy atom. The van der Waals surface area contributed by atoms with E-state index in [-0.39, 0.29) is 5.91 Å². The molecule has 1 aliphatic rings. The van der Waals surface area contributed by atoms with Gasteiger partial charge in [0.15, 0.2) is 0 Å². The molecule has 1 aliphatic heterocycles. The second kappa shape index (κ2) is 5.29. The number of amides is 1. The second-order valence-corrected chi connectivity index (χ2v) is 5.67. The topological polar surface area (TPSA) is 39.3 Å². The number of hydrogen-bond donors (Lipinski definition) is 1. The molecule has 0 saturated carbocycles. The third-order valence-electron chi connectivity index (χ3n) is 4.15. The molecule has 4 nitrogen and oxygen atoms in total. The standard InChI is InChI=1S/C16H21N3O/c1-12(2)18-8-10-19(11-9-18)16(20)14-5-3-4-13-6-7-17-15(13)14/h3-7,12,17H,8-11H2,1-2H3. The normalized spacial score (nSPS) is 17.1. The van der Waals surface area contributed by atoms with Crippen LogP contribution in [0.25, 0.3) is 10.9 Å². The smallest absolute Gasteiger partial charge is 0.256 e. The average Bonchev–Trinajstić information content (AvgIpc) is 2.95. The van der Waals surface area contributed by atoms with Crippen LogP contribution in [0.5, 0.6) is 0 Å². The Labute approximate surface area is 119 Å². The molecule has 20 heavy (non-hydrogen) atoms. The molecule has 3 rings (SSSR count). The van der Waals surface area contributed by atoms with Gasteiger partial charge in [0.1, 0.15) is 0 Å². The van der Waals surface area contributed by atoms with Crippen molar-refractivity contribution in [3.63, 3.8) is 0 Å². The van der Waals surface area contributed by atoms with Crippen molar-refractivity contribution >= 4 is 16.8 Å². The van der Waals surface area contributed by atoms with E-state index in [0.717, 1.165) is 42.6 Å². The highest BCUT2D eigenvalue weighted by atomic mass is 16.2. The van der Waals surface area contributed by atoms with Crippen LogP contribution in [-0.4, -0.2) is 52.9 Å². The number of aromatic amines is 1. The lowest BCUT2D eigenvalue weighted by Crippen LogP contribution is -2.50. The molecular weight excluding hydrogens is 250 g/mol. The van der Waals surface area contributed by atoms with Crippen molar-refractivity contribution in [3.05, 3.63) is 36.0 Å². The summed E-state index contributed by atoms with van der Waals surface area (Å²) in [5.74, 6) is 0.140. The second-order valence-electron chi connectivity index (χ2n) is 5.67. The average molecular weight is 271 g/mol. The number of H-pyrrole nitrogens is 1. The summed E-state index contributed by atoms with van der Waals surface area (Å²) >= 11 is 0. The van der Waals surface area contributed by atoms with Crippen molar-refractivity contribution in [1.82, 2.24) is 14.8 Å². The van der Waals surface area contributed by atoms with Gasteiger partial charge in [0.25, 0.3) is 5.91 Å². The molecule has 1 saturated heterocycles. The van der Waals surface area contributed by atoms with Crippen LogP contribution in [0.3, 0.4) is 0 Å². The van der Waals surface area contributed by atoms with E-state index in [1.165, 1.54) is 0 Å².